The highest BCUT2D eigenvalue weighted by atomic mass is 16.2. The van der Waals surface area contributed by atoms with E-state index in [0.29, 0.717) is 26.1 Å². The fraction of sp³-hybridized carbons (Fsp3) is 0.471. The summed E-state index contributed by atoms with van der Waals surface area (Å²) in [5, 5.41) is 2.86. The molecule has 0 aromatic carbocycles. The van der Waals surface area contributed by atoms with E-state index in [2.05, 4.69) is 16.9 Å². The monoisotopic (exact) mass is 316 g/mol. The van der Waals surface area contributed by atoms with E-state index in [4.69, 9.17) is 0 Å². The van der Waals surface area contributed by atoms with Crippen molar-refractivity contribution in [1.82, 2.24) is 15.2 Å². The molecule has 1 atom stereocenters. The molecular weight excluding hydrogens is 292 g/mol. The summed E-state index contributed by atoms with van der Waals surface area (Å²) in [5.41, 5.74) is 1.68. The third-order valence-corrected chi connectivity index (χ3v) is 3.82. The van der Waals surface area contributed by atoms with Crippen molar-refractivity contribution in [2.24, 2.45) is 0 Å². The zero-order chi connectivity index (χ0) is 16.8. The molecule has 1 unspecified atom stereocenters. The number of nitrogens with zero attached hydrogens (tertiary/aromatic N) is 3. The molecule has 1 N–H and O–H groups in total. The van der Waals surface area contributed by atoms with Gasteiger partial charge in [0.15, 0.2) is 0 Å². The number of likely N-dealkylation sites (N-methyl/N-ethyl adjacent to an activating group) is 1. The van der Waals surface area contributed by atoms with Crippen LogP contribution in [-0.2, 0) is 4.79 Å². The number of hydrogen-bond acceptors (Lipinski definition) is 3. The SMILES string of the molecule is C=C(C)CN(CC)C(=O)NC1CCCN(c2cccnc2)C1=O. The fourth-order valence-electron chi connectivity index (χ4n) is 2.67. The van der Waals surface area contributed by atoms with Gasteiger partial charge >= 0.3 is 6.03 Å². The smallest absolute Gasteiger partial charge is 0.318 e. The van der Waals surface area contributed by atoms with E-state index in [9.17, 15) is 9.59 Å². The minimum atomic E-state index is -0.490. The van der Waals surface area contributed by atoms with Crippen LogP contribution >= 0.6 is 0 Å². The average molecular weight is 316 g/mol. The third-order valence-electron chi connectivity index (χ3n) is 3.82. The second-order valence-electron chi connectivity index (χ2n) is 5.82. The summed E-state index contributed by atoms with van der Waals surface area (Å²) in [5.74, 6) is -0.0796. The lowest BCUT2D eigenvalue weighted by Gasteiger charge is -2.33. The van der Waals surface area contributed by atoms with E-state index in [1.165, 1.54) is 0 Å². The number of carbonyl (C=O) groups excluding carboxylic acids is 2. The maximum Gasteiger partial charge on any atom is 0.318 e. The topological polar surface area (TPSA) is 65.5 Å². The third kappa shape index (κ3) is 4.31. The molecule has 1 aromatic rings. The van der Waals surface area contributed by atoms with Gasteiger partial charge in [0.1, 0.15) is 6.04 Å². The van der Waals surface area contributed by atoms with Crippen LogP contribution in [0.15, 0.2) is 36.7 Å². The first-order valence-corrected chi connectivity index (χ1v) is 7.94. The Morgan fingerprint density at radius 3 is 2.96 bits per heavy atom. The van der Waals surface area contributed by atoms with Crippen LogP contribution in [0.4, 0.5) is 10.5 Å². The summed E-state index contributed by atoms with van der Waals surface area (Å²) >= 11 is 0. The van der Waals surface area contributed by atoms with Gasteiger partial charge in [-0.2, -0.15) is 0 Å². The van der Waals surface area contributed by atoms with Crippen molar-refractivity contribution in [2.45, 2.75) is 32.7 Å². The molecule has 1 aromatic heterocycles. The minimum absolute atomic E-state index is 0.0796. The Morgan fingerprint density at radius 2 is 2.35 bits per heavy atom. The molecule has 6 nitrogen and oxygen atoms in total. The number of pyridine rings is 1. The molecule has 0 bridgehead atoms. The highest BCUT2D eigenvalue weighted by Gasteiger charge is 2.31. The number of piperidine rings is 1. The second-order valence-corrected chi connectivity index (χ2v) is 5.82. The number of rotatable bonds is 5. The summed E-state index contributed by atoms with van der Waals surface area (Å²) in [6, 6.07) is 2.95. The zero-order valence-corrected chi connectivity index (χ0v) is 13.8. The maximum atomic E-state index is 12.6. The van der Waals surface area contributed by atoms with Gasteiger partial charge < -0.3 is 15.1 Å². The molecule has 0 radical (unpaired) electrons. The van der Waals surface area contributed by atoms with Crippen LogP contribution in [0.5, 0.6) is 0 Å². The Labute approximate surface area is 137 Å². The average Bonchev–Trinajstić information content (AvgIpc) is 2.55. The predicted octanol–water partition coefficient (Wildman–Crippen LogP) is 2.18. The number of amides is 3. The summed E-state index contributed by atoms with van der Waals surface area (Å²) in [6.07, 6.45) is 4.85. The van der Waals surface area contributed by atoms with E-state index in [1.807, 2.05) is 19.9 Å². The Bertz CT molecular complexity index is 573. The van der Waals surface area contributed by atoms with Crippen molar-refractivity contribution in [3.05, 3.63) is 36.7 Å². The molecule has 6 heteroatoms. The number of anilines is 1. The fourth-order valence-corrected chi connectivity index (χ4v) is 2.67. The summed E-state index contributed by atoms with van der Waals surface area (Å²) < 4.78 is 0. The van der Waals surface area contributed by atoms with E-state index in [0.717, 1.165) is 17.7 Å². The van der Waals surface area contributed by atoms with Crippen LogP contribution in [0.1, 0.15) is 26.7 Å². The first-order chi connectivity index (χ1) is 11.0. The Morgan fingerprint density at radius 1 is 1.57 bits per heavy atom. The number of urea groups is 1. The van der Waals surface area contributed by atoms with Crippen molar-refractivity contribution in [3.63, 3.8) is 0 Å². The number of aromatic nitrogens is 1. The van der Waals surface area contributed by atoms with E-state index >= 15 is 0 Å². The number of carbonyl (C=O) groups is 2. The van der Waals surface area contributed by atoms with Gasteiger partial charge in [0.25, 0.3) is 0 Å². The molecule has 1 fully saturated rings. The van der Waals surface area contributed by atoms with Crippen molar-refractivity contribution < 1.29 is 9.59 Å². The van der Waals surface area contributed by atoms with E-state index in [-0.39, 0.29) is 11.9 Å². The predicted molar refractivity (Wildman–Crippen MR) is 90.2 cm³/mol. The lowest BCUT2D eigenvalue weighted by Crippen LogP contribution is -2.55. The lowest BCUT2D eigenvalue weighted by molar-refractivity contribution is -0.121. The molecule has 0 aliphatic carbocycles. The molecular formula is C17H24N4O2. The van der Waals surface area contributed by atoms with Gasteiger partial charge in [0, 0.05) is 25.8 Å². The lowest BCUT2D eigenvalue weighted by atomic mass is 10.0. The van der Waals surface area contributed by atoms with Crippen molar-refractivity contribution in [1.29, 1.82) is 0 Å². The number of nitrogens with one attached hydrogen (secondary N) is 1. The van der Waals surface area contributed by atoms with Gasteiger partial charge in [-0.15, -0.1) is 0 Å². The van der Waals surface area contributed by atoms with E-state index in [1.54, 1.807) is 28.3 Å². The van der Waals surface area contributed by atoms with E-state index < -0.39 is 6.04 Å². The van der Waals surface area contributed by atoms with Gasteiger partial charge in [-0.05, 0) is 38.8 Å². The van der Waals surface area contributed by atoms with Crippen LogP contribution in [-0.4, -0.2) is 47.5 Å². The molecule has 1 saturated heterocycles. The second kappa shape index (κ2) is 7.76. The van der Waals surface area contributed by atoms with Crippen LogP contribution in [0, 0.1) is 0 Å². The molecule has 1 aliphatic heterocycles. The molecule has 0 saturated carbocycles. The highest BCUT2D eigenvalue weighted by molar-refractivity contribution is 5.99. The molecule has 2 heterocycles. The first-order valence-electron chi connectivity index (χ1n) is 7.94. The van der Waals surface area contributed by atoms with Crippen LogP contribution in [0.25, 0.3) is 0 Å². The summed E-state index contributed by atoms with van der Waals surface area (Å²) in [7, 11) is 0. The van der Waals surface area contributed by atoms with Gasteiger partial charge in [-0.3, -0.25) is 9.78 Å². The normalized spacial score (nSPS) is 17.7. The first kappa shape index (κ1) is 17.0. The Hall–Kier alpha value is -2.37. The Kier molecular flexibility index (Phi) is 5.73. The minimum Gasteiger partial charge on any atom is -0.326 e. The van der Waals surface area contributed by atoms with Gasteiger partial charge in [-0.1, -0.05) is 12.2 Å². The van der Waals surface area contributed by atoms with Crippen LogP contribution in [0.2, 0.25) is 0 Å². The van der Waals surface area contributed by atoms with Gasteiger partial charge in [-0.25, -0.2) is 4.79 Å². The van der Waals surface area contributed by atoms with Crippen molar-refractivity contribution in [3.8, 4) is 0 Å². The number of hydrogen-bond donors (Lipinski definition) is 1. The summed E-state index contributed by atoms with van der Waals surface area (Å²) in [6.45, 7) is 9.35. The molecule has 2 rings (SSSR count). The highest BCUT2D eigenvalue weighted by Crippen LogP contribution is 2.20. The quantitative estimate of drug-likeness (QED) is 0.847. The molecule has 0 spiro atoms. The van der Waals surface area contributed by atoms with Gasteiger partial charge in [0.05, 0.1) is 11.9 Å². The van der Waals surface area contributed by atoms with Crippen molar-refractivity contribution >= 4 is 17.6 Å². The molecule has 1 aliphatic rings. The maximum absolute atomic E-state index is 12.6. The van der Waals surface area contributed by atoms with Gasteiger partial charge in [0.2, 0.25) is 5.91 Å². The molecule has 3 amide bonds. The summed E-state index contributed by atoms with van der Waals surface area (Å²) in [4.78, 5) is 32.4. The van der Waals surface area contributed by atoms with Crippen LogP contribution < -0.4 is 10.2 Å². The van der Waals surface area contributed by atoms with Crippen molar-refractivity contribution in [2.75, 3.05) is 24.5 Å². The molecule has 23 heavy (non-hydrogen) atoms. The molecule has 124 valence electrons. The van der Waals surface area contributed by atoms with Crippen LogP contribution in [0.3, 0.4) is 0 Å². The Balaban J connectivity index is 2.03. The largest absolute Gasteiger partial charge is 0.326 e. The standard InChI is InChI=1S/C17H24N4O2/c1-4-20(12-13(2)3)17(23)19-15-8-6-10-21(16(15)22)14-7-5-9-18-11-14/h5,7,9,11,15H,2,4,6,8,10,12H2,1,3H3,(H,19,23). The zero-order valence-electron chi connectivity index (χ0n) is 13.8.